The van der Waals surface area contributed by atoms with Gasteiger partial charge in [-0.1, -0.05) is 25.6 Å². The first-order chi connectivity index (χ1) is 10.9. The molecule has 23 heavy (non-hydrogen) atoms. The number of carbonyl (C=O) groups excluding carboxylic acids is 2. The molecule has 0 unspecified atom stereocenters. The molecule has 7 nitrogen and oxygen atoms in total. The number of nitrogens with one attached hydrogen (secondary N) is 3. The summed E-state index contributed by atoms with van der Waals surface area (Å²) < 4.78 is 0. The van der Waals surface area contributed by atoms with Crippen molar-refractivity contribution in [1.29, 1.82) is 0 Å². The minimum absolute atomic E-state index is 0.134. The molecule has 1 heterocycles. The molecule has 2 aromatic rings. The van der Waals surface area contributed by atoms with Gasteiger partial charge in [0.15, 0.2) is 0 Å². The average Bonchev–Trinajstić information content (AvgIpc) is 2.96. The van der Waals surface area contributed by atoms with Gasteiger partial charge < -0.3 is 10.6 Å². The Bertz CT molecular complexity index is 681. The Labute approximate surface area is 138 Å². The minimum Gasteiger partial charge on any atom is -0.326 e. The van der Waals surface area contributed by atoms with E-state index in [1.165, 1.54) is 18.7 Å². The predicted octanol–water partition coefficient (Wildman–Crippen LogP) is 2.62. The minimum atomic E-state index is -0.141. The lowest BCUT2D eigenvalue weighted by atomic mass is 10.2. The van der Waals surface area contributed by atoms with Crippen molar-refractivity contribution in [1.82, 2.24) is 15.2 Å². The highest BCUT2D eigenvalue weighted by Crippen LogP contribution is 2.17. The van der Waals surface area contributed by atoms with E-state index in [2.05, 4.69) is 25.8 Å². The highest BCUT2D eigenvalue weighted by atomic mass is 32.2. The van der Waals surface area contributed by atoms with Crippen LogP contribution in [-0.2, 0) is 9.59 Å². The van der Waals surface area contributed by atoms with Crippen LogP contribution >= 0.6 is 11.8 Å². The molecule has 1 aromatic carbocycles. The SMILES string of the molecule is CC(=O)Nc1ccc(NC(=O)CSc2n[nH]c(C(C)C)n2)cc1. The summed E-state index contributed by atoms with van der Waals surface area (Å²) >= 11 is 1.28. The van der Waals surface area contributed by atoms with Gasteiger partial charge in [-0.25, -0.2) is 4.98 Å². The van der Waals surface area contributed by atoms with Crippen LogP contribution in [0.25, 0.3) is 0 Å². The van der Waals surface area contributed by atoms with Crippen LogP contribution in [0.4, 0.5) is 11.4 Å². The summed E-state index contributed by atoms with van der Waals surface area (Å²) in [5.41, 5.74) is 1.36. The number of nitrogens with zero attached hydrogens (tertiary/aromatic N) is 2. The molecule has 0 fully saturated rings. The van der Waals surface area contributed by atoms with E-state index in [9.17, 15) is 9.59 Å². The number of benzene rings is 1. The molecule has 0 atom stereocenters. The number of anilines is 2. The summed E-state index contributed by atoms with van der Waals surface area (Å²) in [6, 6.07) is 6.93. The number of aromatic amines is 1. The van der Waals surface area contributed by atoms with Gasteiger partial charge in [0.1, 0.15) is 5.82 Å². The first kappa shape index (κ1) is 17.0. The van der Waals surface area contributed by atoms with E-state index < -0.39 is 0 Å². The van der Waals surface area contributed by atoms with Crippen molar-refractivity contribution in [3.63, 3.8) is 0 Å². The van der Waals surface area contributed by atoms with Gasteiger partial charge in [-0.2, -0.15) is 0 Å². The number of thioether (sulfide) groups is 1. The number of hydrogen-bond donors (Lipinski definition) is 3. The van der Waals surface area contributed by atoms with Crippen molar-refractivity contribution in [3.05, 3.63) is 30.1 Å². The second kappa shape index (κ2) is 7.77. The van der Waals surface area contributed by atoms with Crippen molar-refractivity contribution in [3.8, 4) is 0 Å². The molecule has 8 heteroatoms. The van der Waals surface area contributed by atoms with Crippen molar-refractivity contribution in [2.45, 2.75) is 31.8 Å². The second-order valence-electron chi connectivity index (χ2n) is 5.25. The lowest BCUT2D eigenvalue weighted by Gasteiger charge is -2.06. The molecule has 0 aliphatic heterocycles. The summed E-state index contributed by atoms with van der Waals surface area (Å²) in [7, 11) is 0. The molecule has 0 saturated carbocycles. The van der Waals surface area contributed by atoms with E-state index in [0.29, 0.717) is 16.5 Å². The van der Waals surface area contributed by atoms with E-state index in [4.69, 9.17) is 0 Å². The van der Waals surface area contributed by atoms with E-state index in [1.54, 1.807) is 24.3 Å². The summed E-state index contributed by atoms with van der Waals surface area (Å²) in [5, 5.41) is 12.9. The molecule has 0 bridgehead atoms. The third-order valence-corrected chi connectivity index (χ3v) is 3.70. The van der Waals surface area contributed by atoms with Crippen LogP contribution in [0.2, 0.25) is 0 Å². The smallest absolute Gasteiger partial charge is 0.234 e. The maximum atomic E-state index is 11.9. The molecule has 0 aliphatic carbocycles. The molecule has 0 radical (unpaired) electrons. The fourth-order valence-corrected chi connectivity index (χ4v) is 2.35. The fourth-order valence-electron chi connectivity index (χ4n) is 1.75. The van der Waals surface area contributed by atoms with Gasteiger partial charge in [-0.3, -0.25) is 14.7 Å². The quantitative estimate of drug-likeness (QED) is 0.706. The number of amides is 2. The van der Waals surface area contributed by atoms with Crippen LogP contribution in [0.1, 0.15) is 32.5 Å². The van der Waals surface area contributed by atoms with Gasteiger partial charge in [-0.15, -0.1) is 5.10 Å². The predicted molar refractivity (Wildman–Crippen MR) is 90.6 cm³/mol. The standard InChI is InChI=1S/C15H19N5O2S/c1-9(2)14-18-15(20-19-14)23-8-13(22)17-12-6-4-11(5-7-12)16-10(3)21/h4-7,9H,8H2,1-3H3,(H,16,21)(H,17,22)(H,18,19,20). The van der Waals surface area contributed by atoms with Crippen LogP contribution in [0.15, 0.2) is 29.4 Å². The number of carbonyl (C=O) groups is 2. The van der Waals surface area contributed by atoms with E-state index in [1.807, 2.05) is 13.8 Å². The third kappa shape index (κ3) is 5.41. The maximum absolute atomic E-state index is 11.9. The Morgan fingerprint density at radius 2 is 1.78 bits per heavy atom. The Hall–Kier alpha value is -2.35. The Kier molecular flexibility index (Phi) is 5.75. The molecule has 2 rings (SSSR count). The number of hydrogen-bond acceptors (Lipinski definition) is 5. The topological polar surface area (TPSA) is 99.8 Å². The maximum Gasteiger partial charge on any atom is 0.234 e. The van der Waals surface area contributed by atoms with E-state index in [0.717, 1.165) is 5.82 Å². The van der Waals surface area contributed by atoms with Gasteiger partial charge in [0, 0.05) is 24.2 Å². The second-order valence-corrected chi connectivity index (χ2v) is 6.20. The molecule has 3 N–H and O–H groups in total. The summed E-state index contributed by atoms with van der Waals surface area (Å²) in [6.45, 7) is 5.49. The molecule has 2 amide bonds. The summed E-state index contributed by atoms with van der Waals surface area (Å²) in [5.74, 6) is 1.03. The molecule has 1 aromatic heterocycles. The zero-order valence-electron chi connectivity index (χ0n) is 13.2. The van der Waals surface area contributed by atoms with Crippen molar-refractivity contribution in [2.24, 2.45) is 0 Å². The van der Waals surface area contributed by atoms with E-state index >= 15 is 0 Å². The number of rotatable bonds is 6. The van der Waals surface area contributed by atoms with Gasteiger partial charge >= 0.3 is 0 Å². The van der Waals surface area contributed by atoms with Crippen LogP contribution in [0, 0.1) is 0 Å². The van der Waals surface area contributed by atoms with Gasteiger partial charge in [-0.05, 0) is 24.3 Å². The zero-order valence-corrected chi connectivity index (χ0v) is 14.0. The van der Waals surface area contributed by atoms with Crippen LogP contribution < -0.4 is 10.6 Å². The summed E-state index contributed by atoms with van der Waals surface area (Å²) in [6.07, 6.45) is 0. The monoisotopic (exact) mass is 333 g/mol. The third-order valence-electron chi connectivity index (χ3n) is 2.85. The Balaban J connectivity index is 1.83. The first-order valence-electron chi connectivity index (χ1n) is 7.16. The van der Waals surface area contributed by atoms with Crippen LogP contribution in [-0.4, -0.2) is 32.7 Å². The Morgan fingerprint density at radius 3 is 2.30 bits per heavy atom. The lowest BCUT2D eigenvalue weighted by Crippen LogP contribution is -2.14. The van der Waals surface area contributed by atoms with Crippen molar-refractivity contribution in [2.75, 3.05) is 16.4 Å². The first-order valence-corrected chi connectivity index (χ1v) is 8.15. The molecule has 0 spiro atoms. The van der Waals surface area contributed by atoms with Crippen LogP contribution in [0.3, 0.4) is 0 Å². The molecule has 122 valence electrons. The van der Waals surface area contributed by atoms with Crippen molar-refractivity contribution >= 4 is 35.0 Å². The highest BCUT2D eigenvalue weighted by molar-refractivity contribution is 7.99. The van der Waals surface area contributed by atoms with Gasteiger partial charge in [0.25, 0.3) is 0 Å². The summed E-state index contributed by atoms with van der Waals surface area (Å²) in [4.78, 5) is 27.2. The molecule has 0 saturated heterocycles. The van der Waals surface area contributed by atoms with Crippen LogP contribution in [0.5, 0.6) is 0 Å². The number of aromatic nitrogens is 3. The fraction of sp³-hybridized carbons (Fsp3) is 0.333. The molecule has 0 aliphatic rings. The van der Waals surface area contributed by atoms with Gasteiger partial charge in [0.2, 0.25) is 17.0 Å². The molecular weight excluding hydrogens is 314 g/mol. The Morgan fingerprint density at radius 1 is 1.17 bits per heavy atom. The van der Waals surface area contributed by atoms with Gasteiger partial charge in [0.05, 0.1) is 5.75 Å². The van der Waals surface area contributed by atoms with E-state index in [-0.39, 0.29) is 23.5 Å². The lowest BCUT2D eigenvalue weighted by molar-refractivity contribution is -0.114. The normalized spacial score (nSPS) is 10.6. The molecular formula is C15H19N5O2S. The largest absolute Gasteiger partial charge is 0.326 e. The van der Waals surface area contributed by atoms with Crippen molar-refractivity contribution < 1.29 is 9.59 Å². The number of H-pyrrole nitrogens is 1. The zero-order chi connectivity index (χ0) is 16.8. The highest BCUT2D eigenvalue weighted by Gasteiger charge is 2.10. The average molecular weight is 333 g/mol.